The molecule has 0 aromatic heterocycles. The van der Waals surface area contributed by atoms with Gasteiger partial charge in [0.2, 0.25) is 0 Å². The van der Waals surface area contributed by atoms with Gasteiger partial charge in [-0.2, -0.15) is 0 Å². The smallest absolute Gasteiger partial charge is 0.320 e. The van der Waals surface area contributed by atoms with Crippen molar-refractivity contribution in [1.82, 2.24) is 0 Å². The van der Waals surface area contributed by atoms with Crippen LogP contribution in [0.25, 0.3) is 0 Å². The normalized spacial score (nSPS) is 14.3. The molecule has 0 unspecified atom stereocenters. The second-order valence-electron chi connectivity index (χ2n) is 4.00. The van der Waals surface area contributed by atoms with Crippen LogP contribution in [0.15, 0.2) is 0 Å². The lowest BCUT2D eigenvalue weighted by molar-refractivity contribution is -0.138. The first-order valence-corrected chi connectivity index (χ1v) is 4.37. The fourth-order valence-electron chi connectivity index (χ4n) is 0.846. The molecule has 0 amide bonds. The van der Waals surface area contributed by atoms with E-state index in [1.165, 1.54) is 0 Å². The minimum absolute atomic E-state index is 0.215. The number of aliphatic carboxylic acids is 1. The number of carbonyl (C=O) groups is 1. The van der Waals surface area contributed by atoms with Crippen molar-refractivity contribution in [3.05, 3.63) is 0 Å². The van der Waals surface area contributed by atoms with E-state index < -0.39 is 12.0 Å². The van der Waals surface area contributed by atoms with Crippen molar-refractivity contribution >= 4 is 5.97 Å². The van der Waals surface area contributed by atoms with E-state index in [4.69, 9.17) is 10.8 Å². The molecule has 0 heterocycles. The van der Waals surface area contributed by atoms with E-state index in [0.717, 1.165) is 12.8 Å². The summed E-state index contributed by atoms with van der Waals surface area (Å²) in [6.45, 7) is 6.36. The van der Waals surface area contributed by atoms with Gasteiger partial charge in [0.25, 0.3) is 0 Å². The second-order valence-corrected chi connectivity index (χ2v) is 4.00. The first-order valence-electron chi connectivity index (χ1n) is 4.37. The highest BCUT2D eigenvalue weighted by Crippen LogP contribution is 2.26. The van der Waals surface area contributed by atoms with E-state index in [0.29, 0.717) is 6.42 Å². The number of rotatable bonds is 5. The van der Waals surface area contributed by atoms with Gasteiger partial charge in [-0.3, -0.25) is 4.79 Å². The summed E-state index contributed by atoms with van der Waals surface area (Å²) in [5, 5.41) is 8.53. The summed E-state index contributed by atoms with van der Waals surface area (Å²) in [6.07, 6.45) is 2.49. The van der Waals surface area contributed by atoms with Gasteiger partial charge in [-0.1, -0.05) is 27.2 Å². The van der Waals surface area contributed by atoms with Gasteiger partial charge in [-0.15, -0.1) is 0 Å². The third-order valence-electron chi connectivity index (χ3n) is 2.41. The molecule has 0 fully saturated rings. The fourth-order valence-corrected chi connectivity index (χ4v) is 0.846. The van der Waals surface area contributed by atoms with Crippen molar-refractivity contribution in [1.29, 1.82) is 0 Å². The van der Waals surface area contributed by atoms with Gasteiger partial charge in [0, 0.05) is 0 Å². The van der Waals surface area contributed by atoms with Crippen molar-refractivity contribution in [3.8, 4) is 0 Å². The molecule has 0 aliphatic rings. The molecular formula is C9H19NO2. The van der Waals surface area contributed by atoms with E-state index in [1.807, 2.05) is 0 Å². The largest absolute Gasteiger partial charge is 0.480 e. The molecule has 3 heteroatoms. The Kier molecular flexibility index (Phi) is 4.24. The van der Waals surface area contributed by atoms with Crippen molar-refractivity contribution in [2.45, 2.75) is 46.1 Å². The highest BCUT2D eigenvalue weighted by Gasteiger charge is 2.19. The summed E-state index contributed by atoms with van der Waals surface area (Å²) in [5.74, 6) is -0.901. The van der Waals surface area contributed by atoms with Crippen LogP contribution in [0.3, 0.4) is 0 Å². The van der Waals surface area contributed by atoms with Crippen LogP contribution in [0.2, 0.25) is 0 Å². The van der Waals surface area contributed by atoms with Crippen LogP contribution < -0.4 is 5.73 Å². The molecular weight excluding hydrogens is 154 g/mol. The van der Waals surface area contributed by atoms with Crippen LogP contribution in [-0.4, -0.2) is 17.1 Å². The van der Waals surface area contributed by atoms with Gasteiger partial charge >= 0.3 is 5.97 Å². The fraction of sp³-hybridized carbons (Fsp3) is 0.889. The summed E-state index contributed by atoms with van der Waals surface area (Å²) < 4.78 is 0. The highest BCUT2D eigenvalue weighted by molar-refractivity contribution is 5.72. The molecule has 72 valence electrons. The first kappa shape index (κ1) is 11.4. The zero-order chi connectivity index (χ0) is 9.78. The third kappa shape index (κ3) is 4.34. The average molecular weight is 173 g/mol. The zero-order valence-corrected chi connectivity index (χ0v) is 8.13. The zero-order valence-electron chi connectivity index (χ0n) is 8.13. The SMILES string of the molecule is CCC(C)(C)CC[C@@H](N)C(=O)O. The maximum absolute atomic E-state index is 10.4. The maximum Gasteiger partial charge on any atom is 0.320 e. The van der Waals surface area contributed by atoms with Gasteiger partial charge in [-0.25, -0.2) is 0 Å². The molecule has 0 spiro atoms. The molecule has 0 aliphatic carbocycles. The average Bonchev–Trinajstić information content (AvgIpc) is 2.00. The summed E-state index contributed by atoms with van der Waals surface area (Å²) in [4.78, 5) is 10.4. The van der Waals surface area contributed by atoms with Crippen LogP contribution in [0.4, 0.5) is 0 Å². The maximum atomic E-state index is 10.4. The lowest BCUT2D eigenvalue weighted by atomic mass is 9.84. The molecule has 0 aromatic carbocycles. The van der Waals surface area contributed by atoms with Crippen molar-refractivity contribution in [2.24, 2.45) is 11.1 Å². The van der Waals surface area contributed by atoms with Gasteiger partial charge in [-0.05, 0) is 18.3 Å². The first-order chi connectivity index (χ1) is 5.39. The molecule has 1 atom stereocenters. The molecule has 3 N–H and O–H groups in total. The Labute approximate surface area is 74.0 Å². The molecule has 0 saturated heterocycles. The molecule has 12 heavy (non-hydrogen) atoms. The Morgan fingerprint density at radius 1 is 1.58 bits per heavy atom. The van der Waals surface area contributed by atoms with Crippen molar-refractivity contribution in [2.75, 3.05) is 0 Å². The van der Waals surface area contributed by atoms with E-state index in [-0.39, 0.29) is 5.41 Å². The van der Waals surface area contributed by atoms with Crippen LogP contribution in [0.5, 0.6) is 0 Å². The predicted molar refractivity (Wildman–Crippen MR) is 48.9 cm³/mol. The lowest BCUT2D eigenvalue weighted by Gasteiger charge is -2.23. The number of carboxylic acids is 1. The Bertz CT molecular complexity index is 155. The minimum Gasteiger partial charge on any atom is -0.480 e. The molecule has 0 rings (SSSR count). The summed E-state index contributed by atoms with van der Waals surface area (Å²) in [6, 6.07) is -0.698. The number of carboxylic acid groups (broad SMARTS) is 1. The predicted octanol–water partition coefficient (Wildman–Crippen LogP) is 1.61. The molecule has 0 saturated carbocycles. The number of hydrogen-bond donors (Lipinski definition) is 2. The Hall–Kier alpha value is -0.570. The summed E-state index contributed by atoms with van der Waals surface area (Å²) in [7, 11) is 0. The quantitative estimate of drug-likeness (QED) is 0.664. The van der Waals surface area contributed by atoms with Crippen molar-refractivity contribution in [3.63, 3.8) is 0 Å². The summed E-state index contributed by atoms with van der Waals surface area (Å²) in [5.41, 5.74) is 5.59. The molecule has 3 nitrogen and oxygen atoms in total. The Morgan fingerprint density at radius 2 is 2.08 bits per heavy atom. The molecule has 0 bridgehead atoms. The minimum atomic E-state index is -0.901. The van der Waals surface area contributed by atoms with Gasteiger partial charge < -0.3 is 10.8 Å². The molecule has 0 aliphatic heterocycles. The van der Waals surface area contributed by atoms with Crippen LogP contribution in [0.1, 0.15) is 40.0 Å². The van der Waals surface area contributed by atoms with Crippen molar-refractivity contribution < 1.29 is 9.90 Å². The number of nitrogens with two attached hydrogens (primary N) is 1. The van der Waals surface area contributed by atoms with E-state index in [2.05, 4.69) is 20.8 Å². The van der Waals surface area contributed by atoms with Gasteiger partial charge in [0.1, 0.15) is 6.04 Å². The van der Waals surface area contributed by atoms with E-state index in [1.54, 1.807) is 0 Å². The van der Waals surface area contributed by atoms with Gasteiger partial charge in [0.05, 0.1) is 0 Å². The lowest BCUT2D eigenvalue weighted by Crippen LogP contribution is -2.31. The highest BCUT2D eigenvalue weighted by atomic mass is 16.4. The standard InChI is InChI=1S/C9H19NO2/c1-4-9(2,3)6-5-7(10)8(11)12/h7H,4-6,10H2,1-3H3,(H,11,12)/t7-/m1/s1. The van der Waals surface area contributed by atoms with Crippen LogP contribution in [0, 0.1) is 5.41 Å². The summed E-state index contributed by atoms with van der Waals surface area (Å²) >= 11 is 0. The third-order valence-corrected chi connectivity index (χ3v) is 2.41. The van der Waals surface area contributed by atoms with Crippen LogP contribution in [-0.2, 0) is 4.79 Å². The van der Waals surface area contributed by atoms with E-state index in [9.17, 15) is 4.79 Å². The van der Waals surface area contributed by atoms with E-state index >= 15 is 0 Å². The second kappa shape index (κ2) is 4.45. The topological polar surface area (TPSA) is 63.3 Å². The van der Waals surface area contributed by atoms with Gasteiger partial charge in [0.15, 0.2) is 0 Å². The Morgan fingerprint density at radius 3 is 2.42 bits per heavy atom. The molecule has 0 radical (unpaired) electrons. The number of hydrogen-bond acceptors (Lipinski definition) is 2. The Balaban J connectivity index is 3.75. The van der Waals surface area contributed by atoms with Crippen LogP contribution >= 0.6 is 0 Å². The molecule has 0 aromatic rings. The monoisotopic (exact) mass is 173 g/mol.